The summed E-state index contributed by atoms with van der Waals surface area (Å²) in [6.45, 7) is 2.99. The van der Waals surface area contributed by atoms with Gasteiger partial charge in [0.1, 0.15) is 5.75 Å². The van der Waals surface area contributed by atoms with E-state index in [-0.39, 0.29) is 0 Å². The van der Waals surface area contributed by atoms with E-state index in [2.05, 4.69) is 4.98 Å². The summed E-state index contributed by atoms with van der Waals surface area (Å²) < 4.78 is 11.0. The zero-order valence-corrected chi connectivity index (χ0v) is 10.3. The van der Waals surface area contributed by atoms with Crippen molar-refractivity contribution in [3.05, 3.63) is 48.0 Å². The van der Waals surface area contributed by atoms with E-state index in [0.29, 0.717) is 24.9 Å². The van der Waals surface area contributed by atoms with Crippen LogP contribution in [0.3, 0.4) is 0 Å². The molecule has 0 aliphatic carbocycles. The van der Waals surface area contributed by atoms with Crippen LogP contribution in [0.25, 0.3) is 0 Å². The van der Waals surface area contributed by atoms with Crippen molar-refractivity contribution in [1.29, 1.82) is 0 Å². The smallest absolute Gasteiger partial charge is 0.222 e. The van der Waals surface area contributed by atoms with Gasteiger partial charge in [0.25, 0.3) is 0 Å². The fourth-order valence-corrected chi connectivity index (χ4v) is 1.54. The zero-order chi connectivity index (χ0) is 12.8. The van der Waals surface area contributed by atoms with Crippen LogP contribution in [0, 0.1) is 0 Å². The summed E-state index contributed by atoms with van der Waals surface area (Å²) in [6, 6.07) is 13.1. The molecule has 0 fully saturated rings. The third kappa shape index (κ3) is 3.21. The summed E-state index contributed by atoms with van der Waals surface area (Å²) in [5.74, 6) is 1.79. The maximum Gasteiger partial charge on any atom is 0.222 e. The van der Waals surface area contributed by atoms with Gasteiger partial charge in [-0.1, -0.05) is 18.2 Å². The van der Waals surface area contributed by atoms with Crippen molar-refractivity contribution in [2.45, 2.75) is 13.5 Å². The van der Waals surface area contributed by atoms with Gasteiger partial charge < -0.3 is 15.2 Å². The molecule has 0 unspecified atom stereocenters. The van der Waals surface area contributed by atoms with Gasteiger partial charge in [0.15, 0.2) is 0 Å². The lowest BCUT2D eigenvalue weighted by atomic mass is 10.2. The molecule has 2 N–H and O–H groups in total. The Hall–Kier alpha value is -2.07. The Bertz CT molecular complexity index is 515. The van der Waals surface area contributed by atoms with Crippen LogP contribution >= 0.6 is 0 Å². The average Bonchev–Trinajstić information content (AvgIpc) is 2.40. The topological polar surface area (TPSA) is 57.4 Å². The normalized spacial score (nSPS) is 10.1. The van der Waals surface area contributed by atoms with E-state index < -0.39 is 0 Å². The molecule has 0 atom stereocenters. The van der Waals surface area contributed by atoms with E-state index in [4.69, 9.17) is 15.2 Å². The second-order valence-electron chi connectivity index (χ2n) is 3.70. The number of pyridine rings is 1. The molecule has 0 saturated carbocycles. The number of ether oxygens (including phenoxy) is 2. The SMILES string of the molecule is CCOc1cccc(Oc2cccc(CN)c2)n1. The first-order chi connectivity index (χ1) is 8.81. The van der Waals surface area contributed by atoms with Crippen LogP contribution in [0.15, 0.2) is 42.5 Å². The van der Waals surface area contributed by atoms with E-state index in [1.54, 1.807) is 12.1 Å². The predicted octanol–water partition coefficient (Wildman–Crippen LogP) is 2.73. The highest BCUT2D eigenvalue weighted by Crippen LogP contribution is 2.22. The van der Waals surface area contributed by atoms with E-state index in [1.807, 2.05) is 37.3 Å². The van der Waals surface area contributed by atoms with Gasteiger partial charge in [0.05, 0.1) is 6.61 Å². The van der Waals surface area contributed by atoms with Crippen molar-refractivity contribution in [3.8, 4) is 17.5 Å². The van der Waals surface area contributed by atoms with Gasteiger partial charge in [0.2, 0.25) is 11.8 Å². The molecule has 4 heteroatoms. The van der Waals surface area contributed by atoms with Gasteiger partial charge in [-0.3, -0.25) is 0 Å². The molecule has 2 rings (SSSR count). The van der Waals surface area contributed by atoms with E-state index in [1.165, 1.54) is 0 Å². The quantitative estimate of drug-likeness (QED) is 0.878. The molecule has 0 amide bonds. The number of aromatic nitrogens is 1. The molecule has 0 spiro atoms. The second-order valence-corrected chi connectivity index (χ2v) is 3.70. The Morgan fingerprint density at radius 2 is 1.89 bits per heavy atom. The monoisotopic (exact) mass is 244 g/mol. The van der Waals surface area contributed by atoms with Crippen molar-refractivity contribution in [2.75, 3.05) is 6.61 Å². The van der Waals surface area contributed by atoms with Crippen LogP contribution in [0.5, 0.6) is 17.5 Å². The molecule has 4 nitrogen and oxygen atoms in total. The summed E-state index contributed by atoms with van der Waals surface area (Å²) in [5, 5.41) is 0. The fourth-order valence-electron chi connectivity index (χ4n) is 1.54. The lowest BCUT2D eigenvalue weighted by molar-refractivity contribution is 0.321. The number of nitrogens with two attached hydrogens (primary N) is 1. The van der Waals surface area contributed by atoms with Gasteiger partial charge in [-0.25, -0.2) is 0 Å². The molecular weight excluding hydrogens is 228 g/mol. The molecule has 0 radical (unpaired) electrons. The Morgan fingerprint density at radius 3 is 2.67 bits per heavy atom. The number of nitrogens with zero attached hydrogens (tertiary/aromatic N) is 1. The Labute approximate surface area is 106 Å². The summed E-state index contributed by atoms with van der Waals surface area (Å²) in [7, 11) is 0. The Morgan fingerprint density at radius 1 is 1.11 bits per heavy atom. The van der Waals surface area contributed by atoms with E-state index in [0.717, 1.165) is 11.3 Å². The summed E-state index contributed by atoms with van der Waals surface area (Å²) in [4.78, 5) is 4.24. The first-order valence-corrected chi connectivity index (χ1v) is 5.88. The van der Waals surface area contributed by atoms with Crippen LogP contribution in [0.4, 0.5) is 0 Å². The van der Waals surface area contributed by atoms with Gasteiger partial charge in [0, 0.05) is 18.7 Å². The number of hydrogen-bond acceptors (Lipinski definition) is 4. The molecule has 0 bridgehead atoms. The Balaban J connectivity index is 2.14. The standard InChI is InChI=1S/C14H16N2O2/c1-2-17-13-7-4-8-14(16-13)18-12-6-3-5-11(9-12)10-15/h3-9H,2,10,15H2,1H3. The van der Waals surface area contributed by atoms with Gasteiger partial charge in [-0.2, -0.15) is 4.98 Å². The van der Waals surface area contributed by atoms with Crippen LogP contribution in [-0.4, -0.2) is 11.6 Å². The molecule has 94 valence electrons. The molecule has 1 aromatic heterocycles. The largest absolute Gasteiger partial charge is 0.478 e. The fraction of sp³-hybridized carbons (Fsp3) is 0.214. The van der Waals surface area contributed by atoms with Crippen molar-refractivity contribution in [2.24, 2.45) is 5.73 Å². The minimum Gasteiger partial charge on any atom is -0.478 e. The molecule has 1 heterocycles. The minimum absolute atomic E-state index is 0.490. The van der Waals surface area contributed by atoms with Gasteiger partial charge in [-0.05, 0) is 24.6 Å². The van der Waals surface area contributed by atoms with Gasteiger partial charge >= 0.3 is 0 Å². The highest BCUT2D eigenvalue weighted by Gasteiger charge is 2.01. The lowest BCUT2D eigenvalue weighted by Crippen LogP contribution is -1.97. The van der Waals surface area contributed by atoms with Crippen molar-refractivity contribution >= 4 is 0 Å². The minimum atomic E-state index is 0.490. The third-order valence-corrected chi connectivity index (χ3v) is 2.35. The third-order valence-electron chi connectivity index (χ3n) is 2.35. The van der Waals surface area contributed by atoms with Crippen molar-refractivity contribution in [1.82, 2.24) is 4.98 Å². The van der Waals surface area contributed by atoms with Crippen LogP contribution in [0.1, 0.15) is 12.5 Å². The first-order valence-electron chi connectivity index (χ1n) is 5.88. The van der Waals surface area contributed by atoms with Gasteiger partial charge in [-0.15, -0.1) is 0 Å². The summed E-state index contributed by atoms with van der Waals surface area (Å²) in [5.41, 5.74) is 6.61. The van der Waals surface area contributed by atoms with Crippen molar-refractivity contribution < 1.29 is 9.47 Å². The maximum atomic E-state index is 5.66. The molecule has 1 aromatic carbocycles. The first kappa shape index (κ1) is 12.4. The van der Waals surface area contributed by atoms with Crippen LogP contribution in [-0.2, 0) is 6.54 Å². The number of benzene rings is 1. The van der Waals surface area contributed by atoms with E-state index in [9.17, 15) is 0 Å². The predicted molar refractivity (Wildman–Crippen MR) is 69.8 cm³/mol. The zero-order valence-electron chi connectivity index (χ0n) is 10.3. The Kier molecular flexibility index (Phi) is 4.15. The lowest BCUT2D eigenvalue weighted by Gasteiger charge is -2.07. The summed E-state index contributed by atoms with van der Waals surface area (Å²) >= 11 is 0. The van der Waals surface area contributed by atoms with Crippen LogP contribution in [0.2, 0.25) is 0 Å². The van der Waals surface area contributed by atoms with E-state index >= 15 is 0 Å². The molecule has 0 saturated heterocycles. The highest BCUT2D eigenvalue weighted by molar-refractivity contribution is 5.32. The average molecular weight is 244 g/mol. The molecule has 2 aromatic rings. The maximum absolute atomic E-state index is 5.66. The molecule has 18 heavy (non-hydrogen) atoms. The summed E-state index contributed by atoms with van der Waals surface area (Å²) in [6.07, 6.45) is 0. The van der Waals surface area contributed by atoms with Crippen molar-refractivity contribution in [3.63, 3.8) is 0 Å². The molecular formula is C14H16N2O2. The molecule has 0 aliphatic heterocycles. The second kappa shape index (κ2) is 6.02. The molecule has 0 aliphatic rings. The van der Waals surface area contributed by atoms with Crippen LogP contribution < -0.4 is 15.2 Å². The number of rotatable bonds is 5. The highest BCUT2D eigenvalue weighted by atomic mass is 16.5. The number of hydrogen-bond donors (Lipinski definition) is 1.